The summed E-state index contributed by atoms with van der Waals surface area (Å²) in [4.78, 5) is 11.9. The molecule has 0 aromatic heterocycles. The quantitative estimate of drug-likeness (QED) is 0.820. The molecule has 19 heavy (non-hydrogen) atoms. The second kappa shape index (κ2) is 5.74. The summed E-state index contributed by atoms with van der Waals surface area (Å²) < 4.78 is 26.5. The third-order valence-corrected chi connectivity index (χ3v) is 2.90. The highest BCUT2D eigenvalue weighted by Gasteiger charge is 2.12. The number of carbonyl (C=O) groups excluding carboxylic acids is 1. The third-order valence-electron chi connectivity index (χ3n) is 2.90. The molecule has 2 aromatic rings. The molecule has 0 heterocycles. The van der Waals surface area contributed by atoms with Crippen molar-refractivity contribution in [2.24, 2.45) is 0 Å². The number of halogens is 2. The smallest absolute Gasteiger partial charge is 0.162 e. The molecule has 0 fully saturated rings. The Morgan fingerprint density at radius 1 is 1.05 bits per heavy atom. The minimum absolute atomic E-state index is 0.0858. The van der Waals surface area contributed by atoms with E-state index >= 15 is 0 Å². The first-order chi connectivity index (χ1) is 9.06. The van der Waals surface area contributed by atoms with Gasteiger partial charge in [-0.1, -0.05) is 42.0 Å². The van der Waals surface area contributed by atoms with Crippen LogP contribution in [0.15, 0.2) is 42.5 Å². The maximum atomic E-state index is 13.4. The van der Waals surface area contributed by atoms with Gasteiger partial charge in [-0.05, 0) is 24.1 Å². The molecule has 0 amide bonds. The Hall–Kier alpha value is -2.03. The summed E-state index contributed by atoms with van der Waals surface area (Å²) in [5.74, 6) is -1.98. The number of Topliss-reactive ketones (excluding diaryl/α,β-unsaturated/α-hetero) is 1. The van der Waals surface area contributed by atoms with Crippen molar-refractivity contribution in [1.82, 2.24) is 0 Å². The van der Waals surface area contributed by atoms with Crippen molar-refractivity contribution < 1.29 is 13.6 Å². The minimum Gasteiger partial charge on any atom is -0.299 e. The minimum atomic E-state index is -0.930. The van der Waals surface area contributed by atoms with Gasteiger partial charge in [0.2, 0.25) is 0 Å². The van der Waals surface area contributed by atoms with Crippen molar-refractivity contribution in [2.75, 3.05) is 0 Å². The largest absolute Gasteiger partial charge is 0.299 e. The van der Waals surface area contributed by atoms with Crippen LogP contribution in [0, 0.1) is 18.6 Å². The Balaban J connectivity index is 2.08. The summed E-state index contributed by atoms with van der Waals surface area (Å²) in [5, 5.41) is 0. The van der Waals surface area contributed by atoms with Crippen LogP contribution >= 0.6 is 0 Å². The van der Waals surface area contributed by atoms with Gasteiger partial charge >= 0.3 is 0 Å². The zero-order valence-electron chi connectivity index (χ0n) is 10.6. The van der Waals surface area contributed by atoms with Crippen molar-refractivity contribution in [3.8, 4) is 0 Å². The first kappa shape index (κ1) is 13.4. The molecule has 0 aliphatic rings. The highest BCUT2D eigenvalue weighted by atomic mass is 19.2. The average molecular weight is 260 g/mol. The summed E-state index contributed by atoms with van der Waals surface area (Å²) in [6, 6.07) is 11.5. The molecular formula is C16H14F2O. The summed E-state index contributed by atoms with van der Waals surface area (Å²) in [5.41, 5.74) is 2.07. The predicted octanol–water partition coefficient (Wildman–Crippen LogP) is 3.63. The summed E-state index contributed by atoms with van der Waals surface area (Å²) in [7, 11) is 0. The van der Waals surface area contributed by atoms with E-state index in [1.165, 1.54) is 12.1 Å². The van der Waals surface area contributed by atoms with Crippen molar-refractivity contribution in [1.29, 1.82) is 0 Å². The molecule has 98 valence electrons. The first-order valence-electron chi connectivity index (χ1n) is 6.06. The first-order valence-corrected chi connectivity index (χ1v) is 6.06. The lowest BCUT2D eigenvalue weighted by Gasteiger charge is -2.04. The van der Waals surface area contributed by atoms with Crippen LogP contribution in [-0.4, -0.2) is 5.78 Å². The molecule has 0 unspecified atom stereocenters. The summed E-state index contributed by atoms with van der Waals surface area (Å²) >= 11 is 0. The van der Waals surface area contributed by atoms with E-state index in [0.29, 0.717) is 0 Å². The van der Waals surface area contributed by atoms with Gasteiger partial charge in [-0.25, -0.2) is 8.78 Å². The third kappa shape index (κ3) is 3.47. The monoisotopic (exact) mass is 260 g/mol. The van der Waals surface area contributed by atoms with Crippen LogP contribution in [-0.2, 0) is 17.6 Å². The lowest BCUT2D eigenvalue weighted by molar-refractivity contribution is -0.117. The van der Waals surface area contributed by atoms with Crippen molar-refractivity contribution in [3.63, 3.8) is 0 Å². The highest BCUT2D eigenvalue weighted by molar-refractivity contribution is 5.83. The molecule has 0 N–H and O–H groups in total. The van der Waals surface area contributed by atoms with Gasteiger partial charge in [0.25, 0.3) is 0 Å². The SMILES string of the molecule is Cc1cccc(CC(=O)Cc2cccc(F)c2F)c1. The van der Waals surface area contributed by atoms with Crippen molar-refractivity contribution in [2.45, 2.75) is 19.8 Å². The molecule has 2 aromatic carbocycles. The van der Waals surface area contributed by atoms with Gasteiger partial charge in [-0.15, -0.1) is 0 Å². The van der Waals surface area contributed by atoms with E-state index in [9.17, 15) is 13.6 Å². The number of benzene rings is 2. The average Bonchev–Trinajstić information content (AvgIpc) is 2.35. The van der Waals surface area contributed by atoms with Gasteiger partial charge in [0.1, 0.15) is 5.78 Å². The molecule has 0 spiro atoms. The van der Waals surface area contributed by atoms with Crippen LogP contribution in [0.25, 0.3) is 0 Å². The Morgan fingerprint density at radius 2 is 1.79 bits per heavy atom. The number of hydrogen-bond donors (Lipinski definition) is 0. The molecule has 0 aliphatic carbocycles. The van der Waals surface area contributed by atoms with Gasteiger partial charge < -0.3 is 0 Å². The molecule has 2 rings (SSSR count). The van der Waals surface area contributed by atoms with Gasteiger partial charge in [-0.2, -0.15) is 0 Å². The van der Waals surface area contributed by atoms with Crippen molar-refractivity contribution in [3.05, 3.63) is 70.8 Å². The van der Waals surface area contributed by atoms with Gasteiger partial charge in [-0.3, -0.25) is 4.79 Å². The van der Waals surface area contributed by atoms with E-state index in [1.807, 2.05) is 31.2 Å². The molecule has 0 saturated heterocycles. The fourth-order valence-electron chi connectivity index (χ4n) is 2.01. The lowest BCUT2D eigenvalue weighted by Crippen LogP contribution is -2.08. The second-order valence-electron chi connectivity index (χ2n) is 4.59. The topological polar surface area (TPSA) is 17.1 Å². The van der Waals surface area contributed by atoms with E-state index in [-0.39, 0.29) is 24.2 Å². The second-order valence-corrected chi connectivity index (χ2v) is 4.59. The van der Waals surface area contributed by atoms with E-state index in [0.717, 1.165) is 17.2 Å². The molecular weight excluding hydrogens is 246 g/mol. The Labute approximate surface area is 110 Å². The van der Waals surface area contributed by atoms with Crippen LogP contribution in [0.3, 0.4) is 0 Å². The Kier molecular flexibility index (Phi) is 4.05. The zero-order valence-corrected chi connectivity index (χ0v) is 10.6. The molecule has 0 saturated carbocycles. The lowest BCUT2D eigenvalue weighted by atomic mass is 10.0. The Bertz CT molecular complexity index is 605. The van der Waals surface area contributed by atoms with E-state index < -0.39 is 11.6 Å². The molecule has 0 atom stereocenters. The van der Waals surface area contributed by atoms with E-state index in [1.54, 1.807) is 0 Å². The highest BCUT2D eigenvalue weighted by Crippen LogP contribution is 2.13. The summed E-state index contributed by atoms with van der Waals surface area (Å²) in [6.07, 6.45) is 0.148. The van der Waals surface area contributed by atoms with E-state index in [2.05, 4.69) is 0 Å². The van der Waals surface area contributed by atoms with Gasteiger partial charge in [0.05, 0.1) is 0 Å². The van der Waals surface area contributed by atoms with Crippen LogP contribution in [0.5, 0.6) is 0 Å². The van der Waals surface area contributed by atoms with Gasteiger partial charge in [0, 0.05) is 12.8 Å². The predicted molar refractivity (Wildman–Crippen MR) is 70.0 cm³/mol. The van der Waals surface area contributed by atoms with E-state index in [4.69, 9.17) is 0 Å². The number of hydrogen-bond acceptors (Lipinski definition) is 1. The molecule has 0 bridgehead atoms. The van der Waals surface area contributed by atoms with Gasteiger partial charge in [0.15, 0.2) is 11.6 Å². The van der Waals surface area contributed by atoms with Crippen LogP contribution in [0.1, 0.15) is 16.7 Å². The van der Waals surface area contributed by atoms with Crippen LogP contribution < -0.4 is 0 Å². The molecule has 1 nitrogen and oxygen atoms in total. The van der Waals surface area contributed by atoms with Crippen LogP contribution in [0.2, 0.25) is 0 Å². The molecule has 0 radical (unpaired) electrons. The molecule has 3 heteroatoms. The number of ketones is 1. The van der Waals surface area contributed by atoms with Crippen molar-refractivity contribution >= 4 is 5.78 Å². The molecule has 0 aliphatic heterocycles. The zero-order chi connectivity index (χ0) is 13.8. The standard InChI is InChI=1S/C16H14F2O/c1-11-4-2-5-12(8-11)9-14(19)10-13-6-3-7-15(17)16(13)18/h2-8H,9-10H2,1H3. The number of carbonyl (C=O) groups is 1. The summed E-state index contributed by atoms with van der Waals surface area (Å²) in [6.45, 7) is 1.94. The maximum absolute atomic E-state index is 13.4. The normalized spacial score (nSPS) is 10.5. The van der Waals surface area contributed by atoms with Crippen LogP contribution in [0.4, 0.5) is 8.78 Å². The number of rotatable bonds is 4. The fourth-order valence-corrected chi connectivity index (χ4v) is 2.01. The maximum Gasteiger partial charge on any atom is 0.162 e. The number of aryl methyl sites for hydroxylation is 1. The Morgan fingerprint density at radius 3 is 2.53 bits per heavy atom. The fraction of sp³-hybridized carbons (Fsp3) is 0.188.